The normalized spacial score (nSPS) is 15.7. The van der Waals surface area contributed by atoms with Crippen molar-refractivity contribution < 1.29 is 14.0 Å². The van der Waals surface area contributed by atoms with Gasteiger partial charge >= 0.3 is 0 Å². The summed E-state index contributed by atoms with van der Waals surface area (Å²) < 4.78 is 13.6. The number of amides is 2. The molecule has 0 atom stereocenters. The number of halogens is 1. The van der Waals surface area contributed by atoms with Gasteiger partial charge in [0.2, 0.25) is 5.91 Å². The average Bonchev–Trinajstić information content (AvgIpc) is 2.50. The highest BCUT2D eigenvalue weighted by molar-refractivity contribution is 5.94. The third-order valence-corrected chi connectivity index (χ3v) is 3.82. The van der Waals surface area contributed by atoms with Gasteiger partial charge in [-0.1, -0.05) is 6.07 Å². The average molecular weight is 307 g/mol. The molecule has 2 rings (SSSR count). The molecule has 1 aromatic carbocycles. The summed E-state index contributed by atoms with van der Waals surface area (Å²) in [5.41, 5.74) is 0.906. The van der Waals surface area contributed by atoms with Crippen LogP contribution >= 0.6 is 0 Å². The third kappa shape index (κ3) is 4.04. The van der Waals surface area contributed by atoms with E-state index in [0.29, 0.717) is 50.4 Å². The fraction of sp³-hybridized carbons (Fsp3) is 0.500. The van der Waals surface area contributed by atoms with Crippen LogP contribution in [0, 0.1) is 12.7 Å². The van der Waals surface area contributed by atoms with Crippen molar-refractivity contribution in [2.45, 2.75) is 13.8 Å². The summed E-state index contributed by atoms with van der Waals surface area (Å²) in [5.74, 6) is -0.514. The predicted molar refractivity (Wildman–Crippen MR) is 82.2 cm³/mol. The van der Waals surface area contributed by atoms with Crippen molar-refractivity contribution in [3.8, 4) is 0 Å². The number of piperazine rings is 1. The van der Waals surface area contributed by atoms with Crippen molar-refractivity contribution in [1.29, 1.82) is 0 Å². The Morgan fingerprint density at radius 1 is 1.23 bits per heavy atom. The molecule has 6 heteroatoms. The Labute approximate surface area is 130 Å². The Morgan fingerprint density at radius 2 is 1.91 bits per heavy atom. The predicted octanol–water partition coefficient (Wildman–Crippen LogP) is 1.03. The van der Waals surface area contributed by atoms with Crippen LogP contribution < -0.4 is 5.32 Å². The molecule has 1 aliphatic heterocycles. The molecule has 0 saturated carbocycles. The summed E-state index contributed by atoms with van der Waals surface area (Å²) in [6.07, 6.45) is 0. The molecular formula is C16H22FN3O2. The van der Waals surface area contributed by atoms with Crippen LogP contribution in [0.15, 0.2) is 18.2 Å². The monoisotopic (exact) mass is 307 g/mol. The van der Waals surface area contributed by atoms with Crippen LogP contribution in [0.25, 0.3) is 0 Å². The van der Waals surface area contributed by atoms with Crippen LogP contribution in [0.4, 0.5) is 4.39 Å². The number of benzene rings is 1. The number of hydrogen-bond acceptors (Lipinski definition) is 3. The molecule has 120 valence electrons. The minimum Gasteiger partial charge on any atom is -0.355 e. The van der Waals surface area contributed by atoms with Gasteiger partial charge < -0.3 is 10.2 Å². The molecule has 1 aromatic rings. The lowest BCUT2D eigenvalue weighted by atomic mass is 10.1. The van der Waals surface area contributed by atoms with Crippen molar-refractivity contribution >= 4 is 11.8 Å². The molecule has 0 spiro atoms. The Hall–Kier alpha value is -1.95. The molecule has 1 saturated heterocycles. The number of rotatable bonds is 4. The van der Waals surface area contributed by atoms with E-state index in [2.05, 4.69) is 5.32 Å². The first-order valence-corrected chi connectivity index (χ1v) is 7.55. The molecule has 1 aliphatic rings. The third-order valence-electron chi connectivity index (χ3n) is 3.82. The molecule has 0 radical (unpaired) electrons. The number of hydrogen-bond donors (Lipinski definition) is 1. The largest absolute Gasteiger partial charge is 0.355 e. The van der Waals surface area contributed by atoms with Gasteiger partial charge in [-0.05, 0) is 31.5 Å². The second kappa shape index (κ2) is 7.35. The lowest BCUT2D eigenvalue weighted by Crippen LogP contribution is -2.51. The minimum absolute atomic E-state index is 0.00267. The van der Waals surface area contributed by atoms with Crippen molar-refractivity contribution in [3.05, 3.63) is 35.1 Å². The van der Waals surface area contributed by atoms with Crippen LogP contribution in [-0.4, -0.2) is 60.9 Å². The van der Waals surface area contributed by atoms with Crippen LogP contribution in [0.2, 0.25) is 0 Å². The summed E-state index contributed by atoms with van der Waals surface area (Å²) in [7, 11) is 0. The van der Waals surface area contributed by atoms with Gasteiger partial charge in [-0.25, -0.2) is 4.39 Å². The molecule has 0 unspecified atom stereocenters. The lowest BCUT2D eigenvalue weighted by Gasteiger charge is -2.34. The second-order valence-electron chi connectivity index (χ2n) is 5.49. The smallest absolute Gasteiger partial charge is 0.254 e. The first kappa shape index (κ1) is 16.4. The first-order valence-electron chi connectivity index (χ1n) is 7.55. The van der Waals surface area contributed by atoms with Gasteiger partial charge in [-0.15, -0.1) is 0 Å². The van der Waals surface area contributed by atoms with Crippen molar-refractivity contribution in [3.63, 3.8) is 0 Å². The molecule has 5 nitrogen and oxygen atoms in total. The van der Waals surface area contributed by atoms with E-state index in [0.717, 1.165) is 0 Å². The van der Waals surface area contributed by atoms with E-state index in [4.69, 9.17) is 0 Å². The van der Waals surface area contributed by atoms with E-state index in [9.17, 15) is 14.0 Å². The van der Waals surface area contributed by atoms with Crippen molar-refractivity contribution in [1.82, 2.24) is 15.1 Å². The van der Waals surface area contributed by atoms with Gasteiger partial charge in [0.15, 0.2) is 0 Å². The van der Waals surface area contributed by atoms with E-state index < -0.39 is 0 Å². The van der Waals surface area contributed by atoms with Crippen molar-refractivity contribution in [2.75, 3.05) is 39.3 Å². The highest BCUT2D eigenvalue weighted by Gasteiger charge is 2.23. The molecule has 0 bridgehead atoms. The number of carbonyl (C=O) groups excluding carboxylic acids is 2. The maximum Gasteiger partial charge on any atom is 0.254 e. The zero-order valence-electron chi connectivity index (χ0n) is 13.1. The highest BCUT2D eigenvalue weighted by Crippen LogP contribution is 2.13. The second-order valence-corrected chi connectivity index (χ2v) is 5.49. The van der Waals surface area contributed by atoms with Gasteiger partial charge in [-0.2, -0.15) is 0 Å². The highest BCUT2D eigenvalue weighted by atomic mass is 19.1. The van der Waals surface area contributed by atoms with Gasteiger partial charge in [0.05, 0.1) is 6.54 Å². The molecule has 1 N–H and O–H groups in total. The van der Waals surface area contributed by atoms with Gasteiger partial charge in [0, 0.05) is 38.3 Å². The van der Waals surface area contributed by atoms with Crippen LogP contribution in [0.3, 0.4) is 0 Å². The summed E-state index contributed by atoms with van der Waals surface area (Å²) >= 11 is 0. The zero-order chi connectivity index (χ0) is 16.1. The van der Waals surface area contributed by atoms with Crippen molar-refractivity contribution in [2.24, 2.45) is 0 Å². The number of nitrogens with one attached hydrogen (secondary N) is 1. The Morgan fingerprint density at radius 3 is 2.50 bits per heavy atom. The van der Waals surface area contributed by atoms with Crippen LogP contribution in [0.1, 0.15) is 22.8 Å². The summed E-state index contributed by atoms with van der Waals surface area (Å²) in [6, 6.07) is 4.56. The molecule has 0 aromatic heterocycles. The summed E-state index contributed by atoms with van der Waals surface area (Å²) in [4.78, 5) is 27.6. The number of carbonyl (C=O) groups is 2. The molecule has 0 aliphatic carbocycles. The molecule has 1 heterocycles. The van der Waals surface area contributed by atoms with Gasteiger partial charge in [0.25, 0.3) is 5.91 Å². The van der Waals surface area contributed by atoms with E-state index >= 15 is 0 Å². The van der Waals surface area contributed by atoms with E-state index in [1.165, 1.54) is 6.07 Å². The molecule has 1 fully saturated rings. The van der Waals surface area contributed by atoms with E-state index in [1.54, 1.807) is 24.0 Å². The fourth-order valence-corrected chi connectivity index (χ4v) is 2.47. The lowest BCUT2D eigenvalue weighted by molar-refractivity contribution is -0.122. The number of likely N-dealkylation sites (N-methyl/N-ethyl adjacent to an activating group) is 1. The van der Waals surface area contributed by atoms with Crippen LogP contribution in [-0.2, 0) is 4.79 Å². The maximum atomic E-state index is 13.6. The topological polar surface area (TPSA) is 52.7 Å². The standard InChI is InChI=1S/C16H22FN3O2/c1-3-18-15(21)11-19-6-8-20(9-7-19)16(22)13-5-4-12(2)14(17)10-13/h4-5,10H,3,6-9,11H2,1-2H3,(H,18,21). The zero-order valence-corrected chi connectivity index (χ0v) is 13.1. The first-order chi connectivity index (χ1) is 10.5. The molecule has 2 amide bonds. The molecular weight excluding hydrogens is 285 g/mol. The summed E-state index contributed by atoms with van der Waals surface area (Å²) in [5, 5.41) is 2.76. The summed E-state index contributed by atoms with van der Waals surface area (Å²) in [6.45, 7) is 6.93. The quantitative estimate of drug-likeness (QED) is 0.904. The van der Waals surface area contributed by atoms with Gasteiger partial charge in [0.1, 0.15) is 5.82 Å². The maximum absolute atomic E-state index is 13.6. The van der Waals surface area contributed by atoms with Gasteiger partial charge in [-0.3, -0.25) is 14.5 Å². The number of nitrogens with zero attached hydrogens (tertiary/aromatic N) is 2. The SMILES string of the molecule is CCNC(=O)CN1CCN(C(=O)c2ccc(C)c(F)c2)CC1. The van der Waals surface area contributed by atoms with Crippen LogP contribution in [0.5, 0.6) is 0 Å². The minimum atomic E-state index is -0.360. The fourth-order valence-electron chi connectivity index (χ4n) is 2.47. The number of aryl methyl sites for hydroxylation is 1. The Kier molecular flexibility index (Phi) is 5.49. The van der Waals surface area contributed by atoms with E-state index in [-0.39, 0.29) is 17.6 Å². The Balaban J connectivity index is 1.89. The van der Waals surface area contributed by atoms with E-state index in [1.807, 2.05) is 11.8 Å². The Bertz CT molecular complexity index is 554. The molecule has 22 heavy (non-hydrogen) atoms.